The lowest BCUT2D eigenvalue weighted by Gasteiger charge is -2.15. The molecule has 0 aromatic carbocycles. The number of rotatable bonds is 7. The first-order valence-electron chi connectivity index (χ1n) is 8.42. The van der Waals surface area contributed by atoms with Crippen molar-refractivity contribution in [2.75, 3.05) is 25.1 Å². The summed E-state index contributed by atoms with van der Waals surface area (Å²) < 4.78 is 9.74. The second-order valence-electron chi connectivity index (χ2n) is 6.50. The maximum absolute atomic E-state index is 12.0. The summed E-state index contributed by atoms with van der Waals surface area (Å²) in [5.41, 5.74) is -0.445. The number of carbonyl (C=O) groups is 5. The Morgan fingerprint density at radius 3 is 2.50 bits per heavy atom. The van der Waals surface area contributed by atoms with E-state index >= 15 is 0 Å². The van der Waals surface area contributed by atoms with Crippen molar-refractivity contribution in [2.24, 2.45) is 0 Å². The number of ether oxygens (including phenoxy) is 2. The van der Waals surface area contributed by atoms with Crippen LogP contribution >= 0.6 is 11.3 Å². The standard InChI is InChI=1S/C17H21N3O7S/c1-5-26-14(23)13-9(2)6-11(28-13)18-10(21)8-27-12(22)7-20-15(24)17(3,4)19-16(20)25/h6H,5,7-8H2,1-4H3,(H,18,21)(H,19,25). The van der Waals surface area contributed by atoms with Crippen LogP contribution in [0.4, 0.5) is 9.80 Å². The maximum Gasteiger partial charge on any atom is 0.348 e. The summed E-state index contributed by atoms with van der Waals surface area (Å²) in [5, 5.41) is 5.35. The van der Waals surface area contributed by atoms with E-state index < -0.39 is 48.5 Å². The fourth-order valence-corrected chi connectivity index (χ4v) is 3.38. The van der Waals surface area contributed by atoms with Gasteiger partial charge in [0.15, 0.2) is 6.61 Å². The summed E-state index contributed by atoms with van der Waals surface area (Å²) in [6.45, 7) is 5.47. The zero-order valence-electron chi connectivity index (χ0n) is 15.9. The molecule has 0 unspecified atom stereocenters. The molecule has 1 saturated heterocycles. The van der Waals surface area contributed by atoms with Crippen molar-refractivity contribution in [1.29, 1.82) is 0 Å². The second-order valence-corrected chi connectivity index (χ2v) is 7.55. The van der Waals surface area contributed by atoms with Gasteiger partial charge in [0.05, 0.1) is 11.6 Å². The molecule has 2 rings (SSSR count). The number of aryl methyl sites for hydroxylation is 1. The number of nitrogens with one attached hydrogen (secondary N) is 2. The molecular weight excluding hydrogens is 390 g/mol. The van der Waals surface area contributed by atoms with Crippen LogP contribution in [0.3, 0.4) is 0 Å². The Labute approximate surface area is 165 Å². The molecule has 1 aromatic heterocycles. The highest BCUT2D eigenvalue weighted by Crippen LogP contribution is 2.27. The number of hydrogen-bond donors (Lipinski definition) is 2. The van der Waals surface area contributed by atoms with Gasteiger partial charge in [-0.2, -0.15) is 0 Å². The van der Waals surface area contributed by atoms with Gasteiger partial charge in [0.25, 0.3) is 11.8 Å². The first-order valence-corrected chi connectivity index (χ1v) is 9.24. The van der Waals surface area contributed by atoms with Gasteiger partial charge in [0.2, 0.25) is 0 Å². The van der Waals surface area contributed by atoms with Gasteiger partial charge < -0.3 is 20.1 Å². The molecule has 10 nitrogen and oxygen atoms in total. The van der Waals surface area contributed by atoms with Crippen molar-refractivity contribution >= 4 is 46.1 Å². The molecule has 1 aliphatic heterocycles. The topological polar surface area (TPSA) is 131 Å². The van der Waals surface area contributed by atoms with Crippen LogP contribution in [-0.2, 0) is 23.9 Å². The molecule has 1 aliphatic rings. The van der Waals surface area contributed by atoms with Gasteiger partial charge >= 0.3 is 18.0 Å². The number of urea groups is 1. The molecular formula is C17H21N3O7S. The van der Waals surface area contributed by atoms with Crippen LogP contribution in [0.2, 0.25) is 0 Å². The average Bonchev–Trinajstić information content (AvgIpc) is 3.05. The van der Waals surface area contributed by atoms with E-state index in [4.69, 9.17) is 9.47 Å². The first kappa shape index (κ1) is 21.4. The lowest BCUT2D eigenvalue weighted by Crippen LogP contribution is -2.41. The van der Waals surface area contributed by atoms with Crippen LogP contribution in [0.5, 0.6) is 0 Å². The van der Waals surface area contributed by atoms with Crippen LogP contribution in [0.15, 0.2) is 6.07 Å². The lowest BCUT2D eigenvalue weighted by atomic mass is 10.1. The maximum atomic E-state index is 12.0. The van der Waals surface area contributed by atoms with Gasteiger partial charge in [-0.1, -0.05) is 0 Å². The number of anilines is 1. The lowest BCUT2D eigenvalue weighted by molar-refractivity contribution is -0.150. The molecule has 0 saturated carbocycles. The van der Waals surface area contributed by atoms with Crippen molar-refractivity contribution in [2.45, 2.75) is 33.2 Å². The molecule has 1 aromatic rings. The number of amides is 4. The smallest absolute Gasteiger partial charge is 0.348 e. The molecule has 2 N–H and O–H groups in total. The Bertz CT molecular complexity index is 831. The number of hydrogen-bond acceptors (Lipinski definition) is 8. The Hall–Kier alpha value is -2.95. The molecule has 28 heavy (non-hydrogen) atoms. The third-order valence-electron chi connectivity index (χ3n) is 3.74. The molecule has 4 amide bonds. The van der Waals surface area contributed by atoms with E-state index in [0.717, 1.165) is 16.2 Å². The number of imide groups is 1. The van der Waals surface area contributed by atoms with Crippen molar-refractivity contribution in [1.82, 2.24) is 10.2 Å². The van der Waals surface area contributed by atoms with Crippen molar-refractivity contribution in [3.8, 4) is 0 Å². The Morgan fingerprint density at radius 1 is 1.25 bits per heavy atom. The summed E-state index contributed by atoms with van der Waals surface area (Å²) in [7, 11) is 0. The van der Waals surface area contributed by atoms with Gasteiger partial charge in [0.1, 0.15) is 17.0 Å². The molecule has 2 heterocycles. The molecule has 0 bridgehead atoms. The Morgan fingerprint density at radius 2 is 1.93 bits per heavy atom. The summed E-state index contributed by atoms with van der Waals surface area (Å²) in [4.78, 5) is 60.4. The number of nitrogens with zero attached hydrogens (tertiary/aromatic N) is 1. The predicted octanol–water partition coefficient (Wildman–Crippen LogP) is 1.05. The van der Waals surface area contributed by atoms with Crippen molar-refractivity contribution < 1.29 is 33.4 Å². The van der Waals surface area contributed by atoms with Gasteiger partial charge in [-0.15, -0.1) is 11.3 Å². The number of carbonyl (C=O) groups excluding carboxylic acids is 5. The highest BCUT2D eigenvalue weighted by atomic mass is 32.1. The zero-order chi connectivity index (χ0) is 21.1. The van der Waals surface area contributed by atoms with Crippen molar-refractivity contribution in [3.05, 3.63) is 16.5 Å². The van der Waals surface area contributed by atoms with Crippen LogP contribution in [-0.4, -0.2) is 60.0 Å². The Kier molecular flexibility index (Phi) is 6.39. The fraction of sp³-hybridized carbons (Fsp3) is 0.471. The zero-order valence-corrected chi connectivity index (χ0v) is 16.7. The fourth-order valence-electron chi connectivity index (χ4n) is 2.40. The molecule has 0 spiro atoms. The summed E-state index contributed by atoms with van der Waals surface area (Å²) in [5.74, 6) is -2.55. The highest BCUT2D eigenvalue weighted by Gasteiger charge is 2.45. The van der Waals surface area contributed by atoms with E-state index in [1.807, 2.05) is 0 Å². The summed E-state index contributed by atoms with van der Waals surface area (Å²) in [6, 6.07) is 0.906. The monoisotopic (exact) mass is 411 g/mol. The highest BCUT2D eigenvalue weighted by molar-refractivity contribution is 7.18. The van der Waals surface area contributed by atoms with Crippen LogP contribution in [0, 0.1) is 6.92 Å². The van der Waals surface area contributed by atoms with Gasteiger partial charge in [0, 0.05) is 0 Å². The van der Waals surface area contributed by atoms with Crippen LogP contribution in [0.1, 0.15) is 36.0 Å². The van der Waals surface area contributed by atoms with Crippen molar-refractivity contribution in [3.63, 3.8) is 0 Å². The van der Waals surface area contributed by atoms with Gasteiger partial charge in [-0.3, -0.25) is 19.3 Å². The molecule has 152 valence electrons. The van der Waals surface area contributed by atoms with E-state index in [-0.39, 0.29) is 6.61 Å². The quantitative estimate of drug-likeness (QED) is 0.506. The predicted molar refractivity (Wildman–Crippen MR) is 98.9 cm³/mol. The number of esters is 2. The largest absolute Gasteiger partial charge is 0.462 e. The third kappa shape index (κ3) is 4.85. The minimum Gasteiger partial charge on any atom is -0.462 e. The molecule has 1 fully saturated rings. The third-order valence-corrected chi connectivity index (χ3v) is 4.87. The number of thiophene rings is 1. The SMILES string of the molecule is CCOC(=O)c1sc(NC(=O)COC(=O)CN2C(=O)NC(C)(C)C2=O)cc1C. The van der Waals surface area contributed by atoms with E-state index in [1.165, 1.54) is 13.8 Å². The molecule has 0 aliphatic carbocycles. The van der Waals surface area contributed by atoms with E-state index in [1.54, 1.807) is 19.9 Å². The summed E-state index contributed by atoms with van der Waals surface area (Å²) >= 11 is 1.04. The van der Waals surface area contributed by atoms with Gasteiger partial charge in [-0.25, -0.2) is 9.59 Å². The normalized spacial score (nSPS) is 15.2. The van der Waals surface area contributed by atoms with Crippen LogP contribution in [0.25, 0.3) is 0 Å². The van der Waals surface area contributed by atoms with E-state index in [0.29, 0.717) is 15.4 Å². The summed E-state index contributed by atoms with van der Waals surface area (Å²) in [6.07, 6.45) is 0. The minimum absolute atomic E-state index is 0.239. The van der Waals surface area contributed by atoms with Gasteiger partial charge in [-0.05, 0) is 39.3 Å². The van der Waals surface area contributed by atoms with E-state index in [9.17, 15) is 24.0 Å². The Balaban J connectivity index is 1.85. The molecule has 11 heteroatoms. The van der Waals surface area contributed by atoms with E-state index in [2.05, 4.69) is 10.6 Å². The second kappa shape index (κ2) is 8.38. The first-order chi connectivity index (χ1) is 13.0. The average molecular weight is 411 g/mol. The minimum atomic E-state index is -1.09. The molecule has 0 radical (unpaired) electrons. The molecule has 0 atom stereocenters. The van der Waals surface area contributed by atoms with Crippen LogP contribution < -0.4 is 10.6 Å².